The second-order valence-electron chi connectivity index (χ2n) is 9.66. The van der Waals surface area contributed by atoms with E-state index in [4.69, 9.17) is 21.9 Å². The third kappa shape index (κ3) is 8.45. The van der Waals surface area contributed by atoms with E-state index >= 15 is 0 Å². The number of benzene rings is 2. The molecule has 0 atom stereocenters. The van der Waals surface area contributed by atoms with E-state index in [2.05, 4.69) is 75.6 Å². The van der Waals surface area contributed by atoms with Crippen molar-refractivity contribution < 1.29 is 4.74 Å². The molecule has 1 N–H and O–H groups in total. The van der Waals surface area contributed by atoms with Gasteiger partial charge in [-0.25, -0.2) is 4.98 Å². The molecule has 1 aromatic heterocycles. The first-order valence-electron chi connectivity index (χ1n) is 13.5. The lowest BCUT2D eigenvalue weighted by molar-refractivity contribution is 0.116. The van der Waals surface area contributed by atoms with Crippen LogP contribution in [0.25, 0.3) is 0 Å². The Morgan fingerprint density at radius 1 is 0.917 bits per heavy atom. The van der Waals surface area contributed by atoms with Gasteiger partial charge in [-0.1, -0.05) is 60.7 Å². The Morgan fingerprint density at radius 3 is 2.39 bits per heavy atom. The van der Waals surface area contributed by atoms with E-state index in [1.165, 1.54) is 23.4 Å². The van der Waals surface area contributed by atoms with Crippen LogP contribution in [-0.2, 0) is 24.3 Å². The van der Waals surface area contributed by atoms with Crippen molar-refractivity contribution in [2.24, 2.45) is 0 Å². The topological polar surface area (TPSA) is 42.3 Å². The molecular weight excluding hydrogens is 464 g/mol. The molecule has 5 nitrogen and oxygen atoms in total. The maximum atomic E-state index is 5.83. The fraction of sp³-hybridized carbons (Fsp3) is 0.467. The standard InChI is InChI=1S/C30H40N4OS/c36-30(32-18-8-7-13-26-11-3-1-4-12-26)34-21-16-28(17-22-34)29-31-19-23-33(29)20-9-10-24-35-25-27-14-5-2-6-15-27/h1-6,11-12,14-15,19,23,28H,7-10,13,16-18,20-22,24-25H2,(H,32,36). The summed E-state index contributed by atoms with van der Waals surface area (Å²) in [4.78, 5) is 7.06. The van der Waals surface area contributed by atoms with Gasteiger partial charge in [0.15, 0.2) is 5.11 Å². The van der Waals surface area contributed by atoms with E-state index in [0.29, 0.717) is 12.5 Å². The van der Waals surface area contributed by atoms with Gasteiger partial charge in [0.1, 0.15) is 5.82 Å². The Balaban J connectivity index is 1.09. The van der Waals surface area contributed by atoms with Gasteiger partial charge in [0.05, 0.1) is 6.61 Å². The molecule has 1 saturated heterocycles. The van der Waals surface area contributed by atoms with Crippen molar-refractivity contribution in [2.45, 2.75) is 64.0 Å². The first kappa shape index (κ1) is 26.4. The number of hydrogen-bond acceptors (Lipinski definition) is 3. The maximum absolute atomic E-state index is 5.83. The average Bonchev–Trinajstić information content (AvgIpc) is 3.40. The fourth-order valence-electron chi connectivity index (χ4n) is 4.87. The molecule has 0 bridgehead atoms. The second-order valence-corrected chi connectivity index (χ2v) is 10.0. The van der Waals surface area contributed by atoms with Gasteiger partial charge in [-0.3, -0.25) is 0 Å². The molecule has 0 aliphatic carbocycles. The molecule has 0 spiro atoms. The quantitative estimate of drug-likeness (QED) is 0.230. The van der Waals surface area contributed by atoms with Crippen molar-refractivity contribution in [1.29, 1.82) is 0 Å². The summed E-state index contributed by atoms with van der Waals surface area (Å²) < 4.78 is 8.18. The summed E-state index contributed by atoms with van der Waals surface area (Å²) in [5, 5.41) is 4.39. The summed E-state index contributed by atoms with van der Waals surface area (Å²) in [6, 6.07) is 21.1. The number of rotatable bonds is 13. The second kappa shape index (κ2) is 14.8. The molecule has 2 aromatic carbocycles. The van der Waals surface area contributed by atoms with Crippen molar-refractivity contribution >= 4 is 17.3 Å². The van der Waals surface area contributed by atoms with Crippen molar-refractivity contribution in [3.63, 3.8) is 0 Å². The molecule has 36 heavy (non-hydrogen) atoms. The zero-order chi connectivity index (χ0) is 24.8. The molecule has 0 saturated carbocycles. The van der Waals surface area contributed by atoms with Crippen molar-refractivity contribution in [3.8, 4) is 0 Å². The van der Waals surface area contributed by atoms with Crippen molar-refractivity contribution in [3.05, 3.63) is 90.0 Å². The number of aromatic nitrogens is 2. The van der Waals surface area contributed by atoms with Gasteiger partial charge in [-0.05, 0) is 68.3 Å². The normalized spacial score (nSPS) is 14.2. The lowest BCUT2D eigenvalue weighted by Crippen LogP contribution is -2.44. The number of nitrogens with one attached hydrogen (secondary N) is 1. The fourth-order valence-corrected chi connectivity index (χ4v) is 5.15. The SMILES string of the molecule is S=C(NCCCCc1ccccc1)N1CCC(c2nccn2CCCCOCc2ccccc2)CC1. The van der Waals surface area contributed by atoms with Crippen LogP contribution in [0.5, 0.6) is 0 Å². The first-order valence-corrected chi connectivity index (χ1v) is 13.9. The Bertz CT molecular complexity index is 1020. The molecule has 0 amide bonds. The number of thiocarbonyl (C=S) groups is 1. The number of unbranched alkanes of at least 4 members (excludes halogenated alkanes) is 2. The zero-order valence-electron chi connectivity index (χ0n) is 21.4. The first-order chi connectivity index (χ1) is 17.8. The van der Waals surface area contributed by atoms with Gasteiger partial charge in [0, 0.05) is 51.1 Å². The van der Waals surface area contributed by atoms with E-state index in [9.17, 15) is 0 Å². The number of aryl methyl sites for hydroxylation is 2. The number of likely N-dealkylation sites (tertiary alicyclic amines) is 1. The van der Waals surface area contributed by atoms with E-state index in [1.807, 2.05) is 12.3 Å². The Morgan fingerprint density at radius 2 is 1.64 bits per heavy atom. The average molecular weight is 505 g/mol. The highest BCUT2D eigenvalue weighted by atomic mass is 32.1. The summed E-state index contributed by atoms with van der Waals surface area (Å²) in [5.41, 5.74) is 2.65. The minimum absolute atomic E-state index is 0.513. The van der Waals surface area contributed by atoms with Crippen molar-refractivity contribution in [1.82, 2.24) is 19.8 Å². The smallest absolute Gasteiger partial charge is 0.168 e. The molecule has 192 valence electrons. The van der Waals surface area contributed by atoms with Crippen LogP contribution >= 0.6 is 12.2 Å². The van der Waals surface area contributed by atoms with Gasteiger partial charge >= 0.3 is 0 Å². The molecular formula is C30H40N4OS. The number of imidazole rings is 1. The third-order valence-electron chi connectivity index (χ3n) is 6.96. The minimum atomic E-state index is 0.513. The predicted octanol–water partition coefficient (Wildman–Crippen LogP) is 5.96. The molecule has 0 radical (unpaired) electrons. The van der Waals surface area contributed by atoms with Crippen LogP contribution in [0.1, 0.15) is 61.4 Å². The molecule has 0 unspecified atom stereocenters. The van der Waals surface area contributed by atoms with E-state index in [-0.39, 0.29) is 0 Å². The highest BCUT2D eigenvalue weighted by Crippen LogP contribution is 2.27. The summed E-state index contributed by atoms with van der Waals surface area (Å²) in [5.74, 6) is 1.75. The molecule has 1 aliphatic heterocycles. The monoisotopic (exact) mass is 504 g/mol. The zero-order valence-corrected chi connectivity index (χ0v) is 22.2. The van der Waals surface area contributed by atoms with Crippen LogP contribution in [0.15, 0.2) is 73.1 Å². The number of hydrogen-bond donors (Lipinski definition) is 1. The Kier molecular flexibility index (Phi) is 10.8. The highest BCUT2D eigenvalue weighted by Gasteiger charge is 2.24. The molecule has 1 fully saturated rings. The Hall–Kier alpha value is -2.70. The summed E-state index contributed by atoms with van der Waals surface area (Å²) in [6.45, 7) is 5.45. The van der Waals surface area contributed by atoms with Gasteiger partial charge in [0.2, 0.25) is 0 Å². The van der Waals surface area contributed by atoms with Crippen LogP contribution in [-0.4, -0.2) is 45.8 Å². The van der Waals surface area contributed by atoms with Gasteiger partial charge in [-0.2, -0.15) is 0 Å². The van der Waals surface area contributed by atoms with Crippen LogP contribution in [0, 0.1) is 0 Å². The van der Waals surface area contributed by atoms with E-state index in [1.54, 1.807) is 0 Å². The van der Waals surface area contributed by atoms with Crippen molar-refractivity contribution in [2.75, 3.05) is 26.2 Å². The third-order valence-corrected chi connectivity index (χ3v) is 7.36. The lowest BCUT2D eigenvalue weighted by atomic mass is 9.96. The van der Waals surface area contributed by atoms with Crippen LogP contribution in [0.3, 0.4) is 0 Å². The molecule has 4 rings (SSSR count). The number of nitrogens with zero attached hydrogens (tertiary/aromatic N) is 3. The van der Waals surface area contributed by atoms with Crippen LogP contribution in [0.2, 0.25) is 0 Å². The maximum Gasteiger partial charge on any atom is 0.168 e. The predicted molar refractivity (Wildman–Crippen MR) is 151 cm³/mol. The minimum Gasteiger partial charge on any atom is -0.377 e. The summed E-state index contributed by atoms with van der Waals surface area (Å²) in [6.07, 6.45) is 11.9. The highest BCUT2D eigenvalue weighted by molar-refractivity contribution is 7.80. The lowest BCUT2D eigenvalue weighted by Gasteiger charge is -2.33. The van der Waals surface area contributed by atoms with Gasteiger partial charge < -0.3 is 19.5 Å². The molecule has 1 aliphatic rings. The van der Waals surface area contributed by atoms with Crippen LogP contribution < -0.4 is 5.32 Å². The van der Waals surface area contributed by atoms with E-state index < -0.39 is 0 Å². The summed E-state index contributed by atoms with van der Waals surface area (Å²) >= 11 is 5.69. The molecule has 2 heterocycles. The number of ether oxygens (including phenoxy) is 1. The molecule has 3 aromatic rings. The van der Waals surface area contributed by atoms with Crippen LogP contribution in [0.4, 0.5) is 0 Å². The molecule has 6 heteroatoms. The Labute approximate surface area is 221 Å². The van der Waals surface area contributed by atoms with Gasteiger partial charge in [-0.15, -0.1) is 0 Å². The van der Waals surface area contributed by atoms with Gasteiger partial charge in [0.25, 0.3) is 0 Å². The number of piperidine rings is 1. The van der Waals surface area contributed by atoms with E-state index in [0.717, 1.165) is 76.4 Å². The largest absolute Gasteiger partial charge is 0.377 e. The summed E-state index contributed by atoms with van der Waals surface area (Å²) in [7, 11) is 0.